The molecule has 12 heteroatoms. The number of aliphatic hydroxyl groups is 1. The summed E-state index contributed by atoms with van der Waals surface area (Å²) >= 11 is 0. The monoisotopic (exact) mass is 518 g/mol. The van der Waals surface area contributed by atoms with E-state index in [1.807, 2.05) is 4.40 Å². The van der Waals surface area contributed by atoms with Crippen molar-refractivity contribution >= 4 is 11.3 Å². The van der Waals surface area contributed by atoms with Crippen molar-refractivity contribution in [1.29, 1.82) is 0 Å². The number of nitrogen functional groups attached to an aromatic ring is 1. The third-order valence-corrected chi connectivity index (χ3v) is 6.06. The average molecular weight is 518 g/mol. The third-order valence-electron chi connectivity index (χ3n) is 6.06. The highest BCUT2D eigenvalue weighted by Gasteiger charge is 2.33. The van der Waals surface area contributed by atoms with E-state index >= 15 is 0 Å². The second-order valence-electron chi connectivity index (χ2n) is 8.50. The molecule has 3 N–H and O–H groups in total. The third kappa shape index (κ3) is 5.16. The predicted molar refractivity (Wildman–Crippen MR) is 125 cm³/mol. The fraction of sp³-hybridized carbons (Fsp3) is 0.280. The molecule has 1 aliphatic heterocycles. The molecule has 2 unspecified atom stereocenters. The second kappa shape index (κ2) is 9.87. The highest BCUT2D eigenvalue weighted by atomic mass is 19.4. The molecule has 194 valence electrons. The molecule has 2 aromatic heterocycles. The smallest absolute Gasteiger partial charge is 0.454 e. The van der Waals surface area contributed by atoms with E-state index in [9.17, 15) is 22.7 Å². The maximum atomic E-state index is 14.5. The minimum Gasteiger partial charge on any atom is -0.454 e. The molecule has 0 aliphatic carbocycles. The number of anilines is 1. The van der Waals surface area contributed by atoms with Crippen molar-refractivity contribution in [3.63, 3.8) is 0 Å². The number of aromatic nitrogens is 3. The van der Waals surface area contributed by atoms with Crippen LogP contribution in [-0.4, -0.2) is 45.2 Å². The number of nitrogens with two attached hydrogens (primary N) is 1. The van der Waals surface area contributed by atoms with E-state index < -0.39 is 23.7 Å². The lowest BCUT2D eigenvalue weighted by atomic mass is 9.98. The van der Waals surface area contributed by atoms with Crippen molar-refractivity contribution in [1.82, 2.24) is 14.4 Å². The Kier molecular flexibility index (Phi) is 6.61. The Balaban J connectivity index is 1.43. The summed E-state index contributed by atoms with van der Waals surface area (Å²) in [6.07, 6.45) is -0.391. The summed E-state index contributed by atoms with van der Waals surface area (Å²) in [5, 5.41) is 9.34. The summed E-state index contributed by atoms with van der Waals surface area (Å²) in [5.74, 6) is -1.47. The molecule has 8 nitrogen and oxygen atoms in total. The van der Waals surface area contributed by atoms with Gasteiger partial charge in [0.15, 0.2) is 11.5 Å². The van der Waals surface area contributed by atoms with Gasteiger partial charge < -0.3 is 25.1 Å². The molecule has 2 atom stereocenters. The van der Waals surface area contributed by atoms with E-state index in [0.717, 1.165) is 18.3 Å². The summed E-state index contributed by atoms with van der Waals surface area (Å²) in [7, 11) is 0. The summed E-state index contributed by atoms with van der Waals surface area (Å²) in [4.78, 5) is 9.03. The van der Waals surface area contributed by atoms with Gasteiger partial charge in [0.25, 0.3) is 0 Å². The fourth-order valence-electron chi connectivity index (χ4n) is 4.31. The van der Waals surface area contributed by atoms with Crippen LogP contribution in [-0.2, 0) is 4.74 Å². The van der Waals surface area contributed by atoms with Crippen molar-refractivity contribution < 1.29 is 36.9 Å². The van der Waals surface area contributed by atoms with Gasteiger partial charge in [0.2, 0.25) is 5.82 Å². The highest BCUT2D eigenvalue weighted by molar-refractivity contribution is 5.85. The van der Waals surface area contributed by atoms with Gasteiger partial charge >= 0.3 is 6.36 Å². The number of hydrogen-bond acceptors (Lipinski definition) is 7. The highest BCUT2D eigenvalue weighted by Crippen LogP contribution is 2.36. The lowest BCUT2D eigenvalue weighted by Crippen LogP contribution is -2.28. The van der Waals surface area contributed by atoms with E-state index in [4.69, 9.17) is 20.2 Å². The molecule has 4 aromatic rings. The molecule has 1 fully saturated rings. The summed E-state index contributed by atoms with van der Waals surface area (Å²) in [6, 6.07) is 9.70. The maximum absolute atomic E-state index is 14.5. The SMILES string of the molecule is Nc1nccn2c(C3CCC(CO)OC3)nc(-c3ccc(Oc4cccc(OC(F)(F)F)c4F)cc3)c12. The number of benzene rings is 2. The molecule has 37 heavy (non-hydrogen) atoms. The van der Waals surface area contributed by atoms with Gasteiger partial charge in [-0.2, -0.15) is 4.39 Å². The Bertz CT molecular complexity index is 1400. The van der Waals surface area contributed by atoms with Crippen molar-refractivity contribution in [3.05, 3.63) is 66.5 Å². The Labute approximate surface area is 208 Å². The van der Waals surface area contributed by atoms with Gasteiger partial charge in [0.1, 0.15) is 28.6 Å². The van der Waals surface area contributed by atoms with Crippen LogP contribution in [0.15, 0.2) is 54.9 Å². The van der Waals surface area contributed by atoms with Crippen LogP contribution in [0, 0.1) is 5.82 Å². The number of alkyl halides is 3. The number of hydrogen-bond donors (Lipinski definition) is 2. The van der Waals surface area contributed by atoms with Gasteiger partial charge in [-0.05, 0) is 49.2 Å². The molecular formula is C25H22F4N4O4. The van der Waals surface area contributed by atoms with E-state index in [1.54, 1.807) is 36.7 Å². The van der Waals surface area contributed by atoms with E-state index in [-0.39, 0.29) is 30.2 Å². The predicted octanol–water partition coefficient (Wildman–Crippen LogP) is 5.06. The number of nitrogens with zero attached hydrogens (tertiary/aromatic N) is 3. The van der Waals surface area contributed by atoms with Gasteiger partial charge in [0.05, 0.1) is 19.3 Å². The summed E-state index contributed by atoms with van der Waals surface area (Å²) in [5.41, 5.74) is 8.05. The first-order chi connectivity index (χ1) is 17.7. The number of ether oxygens (including phenoxy) is 3. The maximum Gasteiger partial charge on any atom is 0.573 e. The van der Waals surface area contributed by atoms with Crippen LogP contribution in [0.4, 0.5) is 23.4 Å². The van der Waals surface area contributed by atoms with Crippen LogP contribution in [0.5, 0.6) is 17.2 Å². The number of fused-ring (bicyclic) bond motifs is 1. The summed E-state index contributed by atoms with van der Waals surface area (Å²) < 4.78 is 68.8. The standard InChI is InChI=1S/C25H22F4N4O4/c26-20-18(2-1-3-19(20)37-25(27,28)29)36-16-7-4-14(5-8-16)21-22-23(30)31-10-11-33(22)24(32-21)15-6-9-17(12-34)35-13-15/h1-5,7-8,10-11,15,17,34H,6,9,12-13H2,(H2,30,31). The second-order valence-corrected chi connectivity index (χ2v) is 8.50. The lowest BCUT2D eigenvalue weighted by molar-refractivity contribution is -0.275. The number of rotatable bonds is 6. The Hall–Kier alpha value is -3.90. The van der Waals surface area contributed by atoms with Crippen LogP contribution in [0.2, 0.25) is 0 Å². The number of imidazole rings is 1. The Morgan fingerprint density at radius 2 is 1.86 bits per heavy atom. The molecule has 0 bridgehead atoms. The van der Waals surface area contributed by atoms with Crippen LogP contribution >= 0.6 is 0 Å². The molecule has 0 amide bonds. The van der Waals surface area contributed by atoms with E-state index in [0.29, 0.717) is 29.8 Å². The van der Waals surface area contributed by atoms with Gasteiger partial charge in [-0.25, -0.2) is 9.97 Å². The van der Waals surface area contributed by atoms with Crippen molar-refractivity contribution in [2.75, 3.05) is 18.9 Å². The van der Waals surface area contributed by atoms with Crippen LogP contribution in [0.25, 0.3) is 16.8 Å². The number of halogens is 4. The molecule has 0 spiro atoms. The van der Waals surface area contributed by atoms with Gasteiger partial charge in [0, 0.05) is 23.9 Å². The van der Waals surface area contributed by atoms with Crippen LogP contribution in [0.3, 0.4) is 0 Å². The molecule has 0 saturated carbocycles. The zero-order chi connectivity index (χ0) is 26.2. The average Bonchev–Trinajstić information content (AvgIpc) is 3.27. The molecule has 2 aromatic carbocycles. The fourth-order valence-corrected chi connectivity index (χ4v) is 4.31. The zero-order valence-corrected chi connectivity index (χ0v) is 19.3. The van der Waals surface area contributed by atoms with E-state index in [1.165, 1.54) is 12.1 Å². The molecule has 0 radical (unpaired) electrons. The first-order valence-electron chi connectivity index (χ1n) is 11.4. The molecule has 1 aliphatic rings. The molecule has 1 saturated heterocycles. The lowest BCUT2D eigenvalue weighted by Gasteiger charge is -2.27. The van der Waals surface area contributed by atoms with E-state index in [2.05, 4.69) is 9.72 Å². The first kappa shape index (κ1) is 24.8. The van der Waals surface area contributed by atoms with Gasteiger partial charge in [-0.1, -0.05) is 6.07 Å². The van der Waals surface area contributed by atoms with Crippen molar-refractivity contribution in [2.45, 2.75) is 31.2 Å². The minimum atomic E-state index is -5.03. The Morgan fingerprint density at radius 1 is 1.11 bits per heavy atom. The quantitative estimate of drug-likeness (QED) is 0.344. The largest absolute Gasteiger partial charge is 0.573 e. The summed E-state index contributed by atoms with van der Waals surface area (Å²) in [6.45, 7) is 0.372. The normalized spacial score (nSPS) is 18.2. The van der Waals surface area contributed by atoms with Gasteiger partial charge in [-0.15, -0.1) is 13.2 Å². The van der Waals surface area contributed by atoms with Gasteiger partial charge in [-0.3, -0.25) is 4.40 Å². The first-order valence-corrected chi connectivity index (χ1v) is 11.4. The van der Waals surface area contributed by atoms with Crippen LogP contribution < -0.4 is 15.2 Å². The van der Waals surface area contributed by atoms with Crippen molar-refractivity contribution in [3.8, 4) is 28.5 Å². The molecule has 3 heterocycles. The zero-order valence-electron chi connectivity index (χ0n) is 19.3. The Morgan fingerprint density at radius 3 is 2.54 bits per heavy atom. The minimum absolute atomic E-state index is 0.0115. The molecular weight excluding hydrogens is 496 g/mol. The van der Waals surface area contributed by atoms with Crippen molar-refractivity contribution in [2.24, 2.45) is 0 Å². The number of aliphatic hydroxyl groups excluding tert-OH is 1. The topological polar surface area (TPSA) is 104 Å². The van der Waals surface area contributed by atoms with Crippen LogP contribution in [0.1, 0.15) is 24.6 Å². The molecule has 5 rings (SSSR count).